The highest BCUT2D eigenvalue weighted by Crippen LogP contribution is 2.55. The maximum Gasteiger partial charge on any atom is 0.0718 e. The topological polar surface area (TPSA) is 3.24 Å². The van der Waals surface area contributed by atoms with E-state index in [4.69, 9.17) is 0 Å². The van der Waals surface area contributed by atoms with Crippen LogP contribution in [0.4, 0.5) is 17.1 Å². The lowest BCUT2D eigenvalue weighted by Gasteiger charge is -2.31. The summed E-state index contributed by atoms with van der Waals surface area (Å²) in [5.74, 6) is 0. The Labute approximate surface area is 298 Å². The fourth-order valence-corrected chi connectivity index (χ4v) is 10.2. The van der Waals surface area contributed by atoms with Gasteiger partial charge in [-0.3, -0.25) is 0 Å². The molecule has 2 aliphatic rings. The Balaban J connectivity index is 1.30. The number of thiophene rings is 1. The second-order valence-electron chi connectivity index (χ2n) is 14.9. The second-order valence-corrected chi connectivity index (χ2v) is 16.0. The molecule has 0 radical (unpaired) electrons. The summed E-state index contributed by atoms with van der Waals surface area (Å²) < 4.78 is 2.61. The molecule has 1 heterocycles. The van der Waals surface area contributed by atoms with E-state index in [1.54, 1.807) is 0 Å². The lowest BCUT2D eigenvalue weighted by Crippen LogP contribution is -2.18. The van der Waals surface area contributed by atoms with E-state index in [9.17, 15) is 0 Å². The van der Waals surface area contributed by atoms with Gasteiger partial charge in [0.15, 0.2) is 0 Å². The van der Waals surface area contributed by atoms with Crippen molar-refractivity contribution in [1.29, 1.82) is 0 Å². The van der Waals surface area contributed by atoms with E-state index in [0.29, 0.717) is 0 Å². The molecule has 0 aliphatic heterocycles. The van der Waals surface area contributed by atoms with Crippen LogP contribution in [0.15, 0.2) is 152 Å². The van der Waals surface area contributed by atoms with Gasteiger partial charge < -0.3 is 4.90 Å². The van der Waals surface area contributed by atoms with Crippen molar-refractivity contribution in [3.05, 3.63) is 174 Å². The molecular formula is C48H37NS. The number of anilines is 3. The van der Waals surface area contributed by atoms with Gasteiger partial charge in [-0.1, -0.05) is 149 Å². The van der Waals surface area contributed by atoms with Gasteiger partial charge in [0.25, 0.3) is 0 Å². The van der Waals surface area contributed by atoms with Crippen molar-refractivity contribution in [3.8, 4) is 33.4 Å². The number of fused-ring (bicyclic) bond motifs is 9. The highest BCUT2D eigenvalue weighted by molar-refractivity contribution is 7.26. The summed E-state index contributed by atoms with van der Waals surface area (Å²) in [4.78, 5) is 2.57. The number of rotatable bonds is 4. The van der Waals surface area contributed by atoms with E-state index in [1.807, 2.05) is 11.3 Å². The van der Waals surface area contributed by atoms with Crippen LogP contribution >= 0.6 is 11.3 Å². The summed E-state index contributed by atoms with van der Waals surface area (Å²) in [6.07, 6.45) is 0. The van der Waals surface area contributed by atoms with Crippen LogP contribution in [0.1, 0.15) is 49.9 Å². The van der Waals surface area contributed by atoms with Gasteiger partial charge in [-0.2, -0.15) is 0 Å². The van der Waals surface area contributed by atoms with Crippen LogP contribution in [0.5, 0.6) is 0 Å². The minimum atomic E-state index is -0.110. The molecule has 240 valence electrons. The lowest BCUT2D eigenvalue weighted by molar-refractivity contribution is 0.660. The Morgan fingerprint density at radius 1 is 0.420 bits per heavy atom. The van der Waals surface area contributed by atoms with Gasteiger partial charge >= 0.3 is 0 Å². The molecule has 0 unspecified atom stereocenters. The van der Waals surface area contributed by atoms with E-state index in [-0.39, 0.29) is 10.8 Å². The quantitative estimate of drug-likeness (QED) is 0.182. The van der Waals surface area contributed by atoms with Gasteiger partial charge in [0.1, 0.15) is 0 Å². The largest absolute Gasteiger partial charge is 0.308 e. The lowest BCUT2D eigenvalue weighted by atomic mass is 9.82. The molecule has 0 N–H and O–H groups in total. The van der Waals surface area contributed by atoms with Crippen molar-refractivity contribution in [1.82, 2.24) is 0 Å². The molecule has 1 aromatic heterocycles. The zero-order valence-corrected chi connectivity index (χ0v) is 29.6. The number of hydrogen-bond acceptors (Lipinski definition) is 2. The average molecular weight is 660 g/mol. The third-order valence-electron chi connectivity index (χ3n) is 11.5. The fraction of sp³-hybridized carbons (Fsp3) is 0.125. The Hall–Kier alpha value is -5.44. The molecule has 0 saturated carbocycles. The van der Waals surface area contributed by atoms with Crippen molar-refractivity contribution >= 4 is 48.6 Å². The van der Waals surface area contributed by atoms with Crippen LogP contribution in [0.2, 0.25) is 0 Å². The van der Waals surface area contributed by atoms with Gasteiger partial charge in [-0.15, -0.1) is 11.3 Å². The molecular weight excluding hydrogens is 623 g/mol. The number of nitrogens with zero attached hydrogens (tertiary/aromatic N) is 1. The molecule has 1 nitrogen and oxygen atoms in total. The molecule has 0 saturated heterocycles. The van der Waals surface area contributed by atoms with Gasteiger partial charge in [0.2, 0.25) is 0 Å². The molecule has 2 heteroatoms. The van der Waals surface area contributed by atoms with Gasteiger partial charge in [-0.05, 0) is 80.4 Å². The first-order valence-corrected chi connectivity index (χ1v) is 18.4. The smallest absolute Gasteiger partial charge is 0.0718 e. The minimum Gasteiger partial charge on any atom is -0.308 e. The van der Waals surface area contributed by atoms with E-state index in [2.05, 4.69) is 184 Å². The molecule has 0 fully saturated rings. The summed E-state index contributed by atoms with van der Waals surface area (Å²) in [7, 11) is 0. The van der Waals surface area contributed by atoms with Gasteiger partial charge in [0, 0.05) is 43.2 Å². The molecule has 2 aliphatic carbocycles. The van der Waals surface area contributed by atoms with Crippen LogP contribution in [-0.4, -0.2) is 0 Å². The van der Waals surface area contributed by atoms with Crippen molar-refractivity contribution < 1.29 is 0 Å². The van der Waals surface area contributed by atoms with Crippen molar-refractivity contribution in [2.75, 3.05) is 4.90 Å². The molecule has 0 amide bonds. The number of benzene rings is 7. The predicted molar refractivity (Wildman–Crippen MR) is 215 cm³/mol. The van der Waals surface area contributed by atoms with Crippen LogP contribution < -0.4 is 4.90 Å². The van der Waals surface area contributed by atoms with Crippen molar-refractivity contribution in [2.24, 2.45) is 0 Å². The highest BCUT2D eigenvalue weighted by Gasteiger charge is 2.38. The molecule has 10 rings (SSSR count). The first kappa shape index (κ1) is 29.5. The van der Waals surface area contributed by atoms with Crippen LogP contribution in [0.25, 0.3) is 53.6 Å². The standard InChI is InChI=1S/C48H37NS/c1-47(2)40-19-11-8-16-34(40)36-24-22-31(28-42(36)47)49(32-23-25-37-35-17-9-12-20-41(35)48(3,4)43(37)29-32)45-33(30-14-6-5-7-15-30)26-27-39-38-18-10-13-21-44(38)50-46(39)45/h5-29H,1-4H3. The first-order valence-electron chi connectivity index (χ1n) is 17.6. The molecule has 0 bridgehead atoms. The zero-order valence-electron chi connectivity index (χ0n) is 28.8. The van der Waals surface area contributed by atoms with Crippen LogP contribution in [0, 0.1) is 0 Å². The molecule has 8 aromatic rings. The SMILES string of the molecule is CC1(C)c2ccccc2-c2ccc(N(c3ccc4c(c3)C(C)(C)c3ccccc3-4)c3c(-c4ccccc4)ccc4c3sc3ccccc34)cc21. The molecule has 0 spiro atoms. The van der Waals surface area contributed by atoms with Crippen molar-refractivity contribution in [3.63, 3.8) is 0 Å². The molecule has 50 heavy (non-hydrogen) atoms. The maximum atomic E-state index is 2.57. The molecule has 0 atom stereocenters. The average Bonchev–Trinajstić information content (AvgIpc) is 3.72. The predicted octanol–water partition coefficient (Wildman–Crippen LogP) is 13.8. The third kappa shape index (κ3) is 4.06. The Morgan fingerprint density at radius 3 is 1.54 bits per heavy atom. The Morgan fingerprint density at radius 2 is 0.920 bits per heavy atom. The van der Waals surface area contributed by atoms with E-state index < -0.39 is 0 Å². The number of hydrogen-bond donors (Lipinski definition) is 0. The summed E-state index contributed by atoms with van der Waals surface area (Å²) in [6.45, 7) is 9.51. The van der Waals surface area contributed by atoms with E-state index >= 15 is 0 Å². The molecule has 7 aromatic carbocycles. The fourth-order valence-electron chi connectivity index (χ4n) is 8.92. The van der Waals surface area contributed by atoms with Crippen LogP contribution in [-0.2, 0) is 10.8 Å². The van der Waals surface area contributed by atoms with E-state index in [1.165, 1.54) is 92.9 Å². The normalized spacial score (nSPS) is 14.7. The minimum absolute atomic E-state index is 0.110. The third-order valence-corrected chi connectivity index (χ3v) is 12.7. The summed E-state index contributed by atoms with van der Waals surface area (Å²) >= 11 is 1.90. The monoisotopic (exact) mass is 659 g/mol. The Kier molecular flexibility index (Phi) is 6.21. The van der Waals surface area contributed by atoms with Gasteiger partial charge in [-0.25, -0.2) is 0 Å². The first-order chi connectivity index (χ1) is 24.3. The second kappa shape index (κ2) is 10.5. The van der Waals surface area contributed by atoms with Crippen LogP contribution in [0.3, 0.4) is 0 Å². The summed E-state index contributed by atoms with van der Waals surface area (Å²) in [6, 6.07) is 56.7. The van der Waals surface area contributed by atoms with Crippen molar-refractivity contribution in [2.45, 2.75) is 38.5 Å². The summed E-state index contributed by atoms with van der Waals surface area (Å²) in [5.41, 5.74) is 16.7. The highest BCUT2D eigenvalue weighted by atomic mass is 32.1. The Bertz CT molecular complexity index is 2550. The van der Waals surface area contributed by atoms with Gasteiger partial charge in [0.05, 0.1) is 10.4 Å². The van der Waals surface area contributed by atoms with E-state index in [0.717, 1.165) is 0 Å². The maximum absolute atomic E-state index is 2.57. The zero-order chi connectivity index (χ0) is 33.8. The summed E-state index contributed by atoms with van der Waals surface area (Å²) in [5, 5.41) is 2.61.